The van der Waals surface area contributed by atoms with Gasteiger partial charge in [-0.2, -0.15) is 0 Å². The van der Waals surface area contributed by atoms with Gasteiger partial charge in [0.2, 0.25) is 0 Å². The standard InChI is InChI=1S/C19H15ClN2O3/c1-11-4-3-5-14-16(11)21-17(22-18(14)23)15(20)10-12-6-8-13(9-7-12)19(24)25-2/h3-10H,1-2H3,(H,21,22,23)/b15-10-. The Bertz CT molecular complexity index is 1040. The lowest BCUT2D eigenvalue weighted by Crippen LogP contribution is -2.11. The number of hydrogen-bond donors (Lipinski definition) is 1. The van der Waals surface area contributed by atoms with E-state index in [2.05, 4.69) is 14.7 Å². The Morgan fingerprint density at radius 1 is 1.20 bits per heavy atom. The van der Waals surface area contributed by atoms with Crippen LogP contribution in [0.1, 0.15) is 27.3 Å². The molecule has 0 saturated carbocycles. The summed E-state index contributed by atoms with van der Waals surface area (Å²) in [7, 11) is 1.33. The van der Waals surface area contributed by atoms with Crippen LogP contribution in [0.3, 0.4) is 0 Å². The van der Waals surface area contributed by atoms with Gasteiger partial charge in [0.1, 0.15) is 0 Å². The molecule has 25 heavy (non-hydrogen) atoms. The van der Waals surface area contributed by atoms with Crippen LogP contribution in [-0.4, -0.2) is 23.0 Å². The molecule has 0 spiro atoms. The van der Waals surface area contributed by atoms with Crippen LogP contribution in [0.15, 0.2) is 47.3 Å². The van der Waals surface area contributed by atoms with Crippen molar-refractivity contribution in [1.82, 2.24) is 9.97 Å². The number of methoxy groups -OCH3 is 1. The average Bonchev–Trinajstić information content (AvgIpc) is 2.62. The molecule has 0 unspecified atom stereocenters. The summed E-state index contributed by atoms with van der Waals surface area (Å²) >= 11 is 6.33. The number of hydrogen-bond acceptors (Lipinski definition) is 4. The summed E-state index contributed by atoms with van der Waals surface area (Å²) in [6, 6.07) is 12.2. The van der Waals surface area contributed by atoms with E-state index >= 15 is 0 Å². The third-order valence-electron chi connectivity index (χ3n) is 3.79. The van der Waals surface area contributed by atoms with Crippen molar-refractivity contribution in [2.24, 2.45) is 0 Å². The predicted octanol–water partition coefficient (Wildman–Crippen LogP) is 3.76. The molecule has 0 atom stereocenters. The fourth-order valence-corrected chi connectivity index (χ4v) is 2.68. The van der Waals surface area contributed by atoms with E-state index in [9.17, 15) is 9.59 Å². The number of ether oxygens (including phenoxy) is 1. The number of carbonyl (C=O) groups is 1. The molecular formula is C19H15ClN2O3. The molecule has 1 heterocycles. The summed E-state index contributed by atoms with van der Waals surface area (Å²) in [6.45, 7) is 1.89. The van der Waals surface area contributed by atoms with Crippen molar-refractivity contribution in [3.05, 3.63) is 75.3 Å². The van der Waals surface area contributed by atoms with Gasteiger partial charge in [-0.1, -0.05) is 35.9 Å². The number of aryl methyl sites for hydroxylation is 1. The van der Waals surface area contributed by atoms with Crippen molar-refractivity contribution in [2.45, 2.75) is 6.92 Å². The number of para-hydroxylation sites is 1. The normalized spacial score (nSPS) is 11.6. The molecule has 0 amide bonds. The second kappa shape index (κ2) is 6.91. The van der Waals surface area contributed by atoms with E-state index in [0.717, 1.165) is 11.1 Å². The maximum Gasteiger partial charge on any atom is 0.337 e. The number of aromatic amines is 1. The summed E-state index contributed by atoms with van der Waals surface area (Å²) in [6.07, 6.45) is 1.67. The topological polar surface area (TPSA) is 72.0 Å². The highest BCUT2D eigenvalue weighted by Crippen LogP contribution is 2.21. The van der Waals surface area contributed by atoms with E-state index in [1.807, 2.05) is 19.1 Å². The zero-order chi connectivity index (χ0) is 18.0. The number of benzene rings is 2. The molecule has 0 aliphatic carbocycles. The lowest BCUT2D eigenvalue weighted by Gasteiger charge is -2.05. The summed E-state index contributed by atoms with van der Waals surface area (Å²) in [5.41, 5.74) is 2.50. The lowest BCUT2D eigenvalue weighted by atomic mass is 10.1. The second-order valence-electron chi connectivity index (χ2n) is 5.49. The minimum absolute atomic E-state index is 0.240. The smallest absolute Gasteiger partial charge is 0.337 e. The van der Waals surface area contributed by atoms with E-state index in [1.165, 1.54) is 7.11 Å². The van der Waals surface area contributed by atoms with Gasteiger partial charge in [0.15, 0.2) is 5.82 Å². The summed E-state index contributed by atoms with van der Waals surface area (Å²) in [5.74, 6) is -0.108. The van der Waals surface area contributed by atoms with E-state index < -0.39 is 5.97 Å². The Kier molecular flexibility index (Phi) is 4.67. The molecule has 126 valence electrons. The number of nitrogens with one attached hydrogen (secondary N) is 1. The van der Waals surface area contributed by atoms with Crippen LogP contribution in [0.25, 0.3) is 22.0 Å². The first-order chi connectivity index (χ1) is 12.0. The molecule has 0 aliphatic heterocycles. The van der Waals surface area contributed by atoms with Crippen molar-refractivity contribution in [1.29, 1.82) is 0 Å². The molecule has 6 heteroatoms. The molecular weight excluding hydrogens is 340 g/mol. The van der Waals surface area contributed by atoms with Crippen LogP contribution in [0.5, 0.6) is 0 Å². The van der Waals surface area contributed by atoms with Gasteiger partial charge < -0.3 is 9.72 Å². The van der Waals surface area contributed by atoms with Gasteiger partial charge in [0, 0.05) is 0 Å². The van der Waals surface area contributed by atoms with Crippen LogP contribution in [0.2, 0.25) is 0 Å². The van der Waals surface area contributed by atoms with E-state index in [-0.39, 0.29) is 5.56 Å². The number of fused-ring (bicyclic) bond motifs is 1. The van der Waals surface area contributed by atoms with Gasteiger partial charge in [-0.3, -0.25) is 4.79 Å². The van der Waals surface area contributed by atoms with Crippen LogP contribution >= 0.6 is 11.6 Å². The summed E-state index contributed by atoms with van der Waals surface area (Å²) in [5, 5.41) is 0.823. The van der Waals surface area contributed by atoms with Gasteiger partial charge in [-0.15, -0.1) is 0 Å². The number of esters is 1. The summed E-state index contributed by atoms with van der Waals surface area (Å²) < 4.78 is 4.66. The third kappa shape index (κ3) is 3.46. The van der Waals surface area contributed by atoms with Crippen LogP contribution in [0, 0.1) is 6.92 Å². The fraction of sp³-hybridized carbons (Fsp3) is 0.105. The van der Waals surface area contributed by atoms with Crippen LogP contribution < -0.4 is 5.56 Å². The number of carbonyl (C=O) groups excluding carboxylic acids is 1. The maximum absolute atomic E-state index is 12.2. The zero-order valence-corrected chi connectivity index (χ0v) is 14.4. The lowest BCUT2D eigenvalue weighted by molar-refractivity contribution is 0.0600. The minimum Gasteiger partial charge on any atom is -0.465 e. The molecule has 0 radical (unpaired) electrons. The Morgan fingerprint density at radius 3 is 2.60 bits per heavy atom. The van der Waals surface area contributed by atoms with Crippen LogP contribution in [0.4, 0.5) is 0 Å². The highest BCUT2D eigenvalue weighted by atomic mass is 35.5. The molecule has 0 bridgehead atoms. The fourth-order valence-electron chi connectivity index (χ4n) is 2.47. The molecule has 5 nitrogen and oxygen atoms in total. The van der Waals surface area contributed by atoms with Gasteiger partial charge in [-0.05, 0) is 42.3 Å². The predicted molar refractivity (Wildman–Crippen MR) is 98.6 cm³/mol. The van der Waals surface area contributed by atoms with Crippen molar-refractivity contribution < 1.29 is 9.53 Å². The quantitative estimate of drug-likeness (QED) is 0.727. The minimum atomic E-state index is -0.405. The molecule has 0 fully saturated rings. The van der Waals surface area contributed by atoms with Gasteiger partial charge in [-0.25, -0.2) is 9.78 Å². The number of aromatic nitrogens is 2. The molecule has 0 aliphatic rings. The second-order valence-corrected chi connectivity index (χ2v) is 5.90. The van der Waals surface area contributed by atoms with Crippen molar-refractivity contribution in [2.75, 3.05) is 7.11 Å². The molecule has 0 saturated heterocycles. The molecule has 3 rings (SSSR count). The highest BCUT2D eigenvalue weighted by molar-refractivity contribution is 6.50. The first-order valence-corrected chi connectivity index (χ1v) is 7.93. The van der Waals surface area contributed by atoms with Gasteiger partial charge >= 0.3 is 5.97 Å². The first-order valence-electron chi connectivity index (χ1n) is 7.55. The molecule has 1 N–H and O–H groups in total. The Hall–Kier alpha value is -2.92. The first kappa shape index (κ1) is 16.9. The summed E-state index contributed by atoms with van der Waals surface area (Å²) in [4.78, 5) is 30.8. The Morgan fingerprint density at radius 2 is 1.92 bits per heavy atom. The van der Waals surface area contributed by atoms with E-state index in [1.54, 1.807) is 36.4 Å². The Labute approximate surface area is 148 Å². The monoisotopic (exact) mass is 354 g/mol. The number of H-pyrrole nitrogens is 1. The number of nitrogens with zero attached hydrogens (tertiary/aromatic N) is 1. The van der Waals surface area contributed by atoms with Crippen molar-refractivity contribution >= 4 is 39.6 Å². The largest absolute Gasteiger partial charge is 0.465 e. The van der Waals surface area contributed by atoms with Crippen LogP contribution in [-0.2, 0) is 4.74 Å². The number of rotatable bonds is 3. The zero-order valence-electron chi connectivity index (χ0n) is 13.7. The van der Waals surface area contributed by atoms with Gasteiger partial charge in [0.25, 0.3) is 5.56 Å². The molecule has 2 aromatic carbocycles. The van der Waals surface area contributed by atoms with Crippen molar-refractivity contribution in [3.8, 4) is 0 Å². The van der Waals surface area contributed by atoms with E-state index in [4.69, 9.17) is 11.6 Å². The highest BCUT2D eigenvalue weighted by Gasteiger charge is 2.09. The molecule has 1 aromatic heterocycles. The van der Waals surface area contributed by atoms with Gasteiger partial charge in [0.05, 0.1) is 28.6 Å². The number of halogens is 1. The maximum atomic E-state index is 12.2. The third-order valence-corrected chi connectivity index (χ3v) is 4.08. The molecule has 3 aromatic rings. The van der Waals surface area contributed by atoms with E-state index in [0.29, 0.717) is 27.3 Å². The average molecular weight is 355 g/mol. The SMILES string of the molecule is COC(=O)c1ccc(/C=C(\Cl)c2nc3c(C)cccc3c(=O)[nH]2)cc1. The Balaban J connectivity index is 2.00. The van der Waals surface area contributed by atoms with Crippen molar-refractivity contribution in [3.63, 3.8) is 0 Å².